The van der Waals surface area contributed by atoms with Crippen molar-refractivity contribution in [3.63, 3.8) is 0 Å². The van der Waals surface area contributed by atoms with E-state index in [-0.39, 0.29) is 18.9 Å². The van der Waals surface area contributed by atoms with Crippen LogP contribution < -0.4 is 10.6 Å². The number of anilines is 1. The number of hydrogen-bond donors (Lipinski definition) is 3. The molecule has 1 aromatic heterocycles. The Bertz CT molecular complexity index is 546. The average molecular weight is 333 g/mol. The van der Waals surface area contributed by atoms with Crippen LogP contribution in [0.1, 0.15) is 43.4 Å². The molecule has 0 radical (unpaired) electrons. The number of hydrogen-bond acceptors (Lipinski definition) is 4. The standard InChI is InChI=1S/C16H23N3O3.C2H4/c20-14(17-11-9-15(21)22)6-2-1-5-13-8-7-12-4-3-10-18-16(12)19-13;1-2/h7-8H,1-6,9-11H2,(H,17,20)(H,18,19)(H,21,22);1-2H2. The number of carbonyl (C=O) groups is 2. The van der Waals surface area contributed by atoms with E-state index < -0.39 is 5.97 Å². The quantitative estimate of drug-likeness (QED) is 0.502. The van der Waals surface area contributed by atoms with Gasteiger partial charge in [0.05, 0.1) is 6.42 Å². The van der Waals surface area contributed by atoms with Gasteiger partial charge in [-0.05, 0) is 43.7 Å². The van der Waals surface area contributed by atoms with Crippen LogP contribution in [-0.4, -0.2) is 35.1 Å². The number of unbranched alkanes of at least 4 members (excludes halogenated alkanes) is 1. The van der Waals surface area contributed by atoms with Crippen LogP contribution in [0, 0.1) is 0 Å². The fraction of sp³-hybridized carbons (Fsp3) is 0.500. The largest absolute Gasteiger partial charge is 0.481 e. The zero-order valence-corrected chi connectivity index (χ0v) is 14.1. The van der Waals surface area contributed by atoms with Crippen LogP contribution in [0.15, 0.2) is 25.3 Å². The second-order valence-electron chi connectivity index (χ2n) is 5.54. The molecule has 0 atom stereocenters. The lowest BCUT2D eigenvalue weighted by Crippen LogP contribution is -2.25. The van der Waals surface area contributed by atoms with Crippen molar-refractivity contribution in [3.8, 4) is 0 Å². The zero-order valence-electron chi connectivity index (χ0n) is 14.1. The second-order valence-corrected chi connectivity index (χ2v) is 5.54. The summed E-state index contributed by atoms with van der Waals surface area (Å²) in [6.07, 6.45) is 5.19. The number of amides is 1. The molecule has 0 unspecified atom stereocenters. The first kappa shape index (κ1) is 19.7. The maximum Gasteiger partial charge on any atom is 0.305 e. The van der Waals surface area contributed by atoms with E-state index in [9.17, 15) is 9.59 Å². The van der Waals surface area contributed by atoms with E-state index in [1.807, 2.05) is 0 Å². The number of carbonyl (C=O) groups excluding carboxylic acids is 1. The molecule has 1 aromatic rings. The summed E-state index contributed by atoms with van der Waals surface area (Å²) in [6.45, 7) is 7.19. The molecular weight excluding hydrogens is 306 g/mol. The summed E-state index contributed by atoms with van der Waals surface area (Å²) in [7, 11) is 0. The first-order valence-electron chi connectivity index (χ1n) is 8.36. The minimum Gasteiger partial charge on any atom is -0.481 e. The predicted molar refractivity (Wildman–Crippen MR) is 95.1 cm³/mol. The van der Waals surface area contributed by atoms with Gasteiger partial charge in [-0.3, -0.25) is 9.59 Å². The summed E-state index contributed by atoms with van der Waals surface area (Å²) >= 11 is 0. The van der Waals surface area contributed by atoms with Gasteiger partial charge in [-0.1, -0.05) is 6.07 Å². The molecule has 0 bridgehead atoms. The number of aliphatic carboxylic acids is 1. The Morgan fingerprint density at radius 2 is 2.04 bits per heavy atom. The normalized spacial score (nSPS) is 12.2. The van der Waals surface area contributed by atoms with Gasteiger partial charge in [0.15, 0.2) is 0 Å². The second kappa shape index (κ2) is 11.2. The maximum atomic E-state index is 11.5. The van der Waals surface area contributed by atoms with Crippen molar-refractivity contribution < 1.29 is 14.7 Å². The van der Waals surface area contributed by atoms with Gasteiger partial charge >= 0.3 is 5.97 Å². The number of pyridine rings is 1. The fourth-order valence-corrected chi connectivity index (χ4v) is 2.50. The molecule has 132 valence electrons. The van der Waals surface area contributed by atoms with E-state index in [1.54, 1.807) is 0 Å². The lowest BCUT2D eigenvalue weighted by Gasteiger charge is -2.17. The minimum absolute atomic E-state index is 0.0300. The van der Waals surface area contributed by atoms with E-state index in [0.717, 1.165) is 50.2 Å². The van der Waals surface area contributed by atoms with Gasteiger partial charge in [-0.15, -0.1) is 13.2 Å². The molecule has 1 aliphatic rings. The molecule has 0 saturated heterocycles. The Morgan fingerprint density at radius 3 is 2.79 bits per heavy atom. The van der Waals surface area contributed by atoms with E-state index in [2.05, 4.69) is 40.9 Å². The van der Waals surface area contributed by atoms with Crippen molar-refractivity contribution in [2.24, 2.45) is 0 Å². The van der Waals surface area contributed by atoms with Gasteiger partial charge in [0.1, 0.15) is 5.82 Å². The summed E-state index contributed by atoms with van der Waals surface area (Å²) < 4.78 is 0. The summed E-state index contributed by atoms with van der Waals surface area (Å²) in [6, 6.07) is 4.21. The topological polar surface area (TPSA) is 91.3 Å². The van der Waals surface area contributed by atoms with Crippen molar-refractivity contribution in [1.29, 1.82) is 0 Å². The highest BCUT2D eigenvalue weighted by Gasteiger charge is 2.10. The van der Waals surface area contributed by atoms with E-state index in [4.69, 9.17) is 5.11 Å². The number of nitrogens with zero attached hydrogens (tertiary/aromatic N) is 1. The van der Waals surface area contributed by atoms with Crippen molar-refractivity contribution in [2.45, 2.75) is 44.9 Å². The molecule has 1 aliphatic heterocycles. The van der Waals surface area contributed by atoms with Crippen LogP contribution in [0.4, 0.5) is 5.82 Å². The van der Waals surface area contributed by atoms with Crippen LogP contribution in [0.3, 0.4) is 0 Å². The van der Waals surface area contributed by atoms with Crippen LogP contribution in [0.25, 0.3) is 0 Å². The smallest absolute Gasteiger partial charge is 0.305 e. The van der Waals surface area contributed by atoms with Crippen LogP contribution in [-0.2, 0) is 22.4 Å². The Kier molecular flexibility index (Phi) is 9.19. The maximum absolute atomic E-state index is 11.5. The number of nitrogens with one attached hydrogen (secondary N) is 2. The summed E-state index contributed by atoms with van der Waals surface area (Å²) in [5.74, 6) is 0.0314. The molecule has 2 rings (SSSR count). The van der Waals surface area contributed by atoms with Gasteiger partial charge in [0.2, 0.25) is 5.91 Å². The van der Waals surface area contributed by atoms with Crippen LogP contribution in [0.5, 0.6) is 0 Å². The monoisotopic (exact) mass is 333 g/mol. The van der Waals surface area contributed by atoms with E-state index >= 15 is 0 Å². The third-order valence-electron chi connectivity index (χ3n) is 3.70. The molecule has 6 heteroatoms. The number of aromatic nitrogens is 1. The highest BCUT2D eigenvalue weighted by atomic mass is 16.4. The lowest BCUT2D eigenvalue weighted by molar-refractivity contribution is -0.136. The predicted octanol–water partition coefficient (Wildman–Crippen LogP) is 2.55. The van der Waals surface area contributed by atoms with Crippen molar-refractivity contribution in [1.82, 2.24) is 10.3 Å². The molecule has 3 N–H and O–H groups in total. The van der Waals surface area contributed by atoms with Gasteiger partial charge in [0, 0.05) is 25.2 Å². The molecule has 24 heavy (non-hydrogen) atoms. The van der Waals surface area contributed by atoms with E-state index in [1.165, 1.54) is 5.56 Å². The van der Waals surface area contributed by atoms with Crippen molar-refractivity contribution in [2.75, 3.05) is 18.4 Å². The lowest BCUT2D eigenvalue weighted by atomic mass is 10.1. The molecule has 2 heterocycles. The molecule has 1 amide bonds. The SMILES string of the molecule is C=C.O=C(O)CCNC(=O)CCCCc1ccc2c(n1)NCCC2. The summed E-state index contributed by atoms with van der Waals surface area (Å²) in [4.78, 5) is 26.5. The zero-order chi connectivity index (χ0) is 17.8. The fourth-order valence-electron chi connectivity index (χ4n) is 2.50. The summed E-state index contributed by atoms with van der Waals surface area (Å²) in [5.41, 5.74) is 2.34. The Hall–Kier alpha value is -2.37. The van der Waals surface area contributed by atoms with Gasteiger partial charge in [-0.25, -0.2) is 4.98 Å². The van der Waals surface area contributed by atoms with Gasteiger partial charge < -0.3 is 15.7 Å². The van der Waals surface area contributed by atoms with Gasteiger partial charge in [-0.2, -0.15) is 0 Å². The number of carboxylic acids is 1. The molecule has 0 fully saturated rings. The van der Waals surface area contributed by atoms with Crippen molar-refractivity contribution >= 4 is 17.7 Å². The van der Waals surface area contributed by atoms with Crippen molar-refractivity contribution in [3.05, 3.63) is 36.5 Å². The third-order valence-corrected chi connectivity index (χ3v) is 3.70. The Morgan fingerprint density at radius 1 is 1.25 bits per heavy atom. The Labute approximate surface area is 143 Å². The van der Waals surface area contributed by atoms with Gasteiger partial charge in [0.25, 0.3) is 0 Å². The first-order chi connectivity index (χ1) is 11.6. The number of fused-ring (bicyclic) bond motifs is 1. The van der Waals surface area contributed by atoms with Crippen LogP contribution >= 0.6 is 0 Å². The molecule has 6 nitrogen and oxygen atoms in total. The number of carboxylic acid groups (broad SMARTS) is 1. The molecule has 0 saturated carbocycles. The minimum atomic E-state index is -0.896. The summed E-state index contributed by atoms with van der Waals surface area (Å²) in [5, 5.41) is 14.4. The highest BCUT2D eigenvalue weighted by molar-refractivity contribution is 5.76. The molecule has 0 aliphatic carbocycles. The third kappa shape index (κ3) is 7.26. The highest BCUT2D eigenvalue weighted by Crippen LogP contribution is 2.20. The number of rotatable bonds is 8. The van der Waals surface area contributed by atoms with Crippen LogP contribution in [0.2, 0.25) is 0 Å². The van der Waals surface area contributed by atoms with E-state index in [0.29, 0.717) is 6.42 Å². The molecular formula is C18H27N3O3. The first-order valence-corrected chi connectivity index (χ1v) is 8.36. The molecule has 0 spiro atoms. The number of aryl methyl sites for hydroxylation is 2. The Balaban J connectivity index is 0.00000139. The average Bonchev–Trinajstić information content (AvgIpc) is 2.60. The molecule has 0 aromatic carbocycles.